The largest absolute Gasteiger partial charge is 0.497 e. The molecule has 0 unspecified atom stereocenters. The van der Waals surface area contributed by atoms with Crippen molar-refractivity contribution in [1.82, 2.24) is 10.3 Å². The summed E-state index contributed by atoms with van der Waals surface area (Å²) in [6.07, 6.45) is 8.10. The molecule has 4 aliphatic rings. The number of ether oxygens (including phenoxy) is 1. The molecular weight excluding hydrogens is 364 g/mol. The molecule has 0 atom stereocenters. The van der Waals surface area contributed by atoms with E-state index in [4.69, 9.17) is 9.15 Å². The van der Waals surface area contributed by atoms with Gasteiger partial charge in [0.05, 0.1) is 12.8 Å². The number of amides is 1. The molecule has 4 bridgehead atoms. The highest BCUT2D eigenvalue weighted by Crippen LogP contribution is 2.60. The molecule has 1 aromatic carbocycles. The van der Waals surface area contributed by atoms with Crippen LogP contribution in [0.5, 0.6) is 5.75 Å². The van der Waals surface area contributed by atoms with E-state index in [1.807, 2.05) is 31.2 Å². The van der Waals surface area contributed by atoms with Crippen molar-refractivity contribution in [1.29, 1.82) is 0 Å². The molecule has 1 N–H and O–H groups in total. The number of aryl methyl sites for hydroxylation is 1. The Balaban J connectivity index is 1.21. The van der Waals surface area contributed by atoms with Crippen LogP contribution in [0.25, 0.3) is 11.5 Å². The van der Waals surface area contributed by atoms with Gasteiger partial charge in [0, 0.05) is 23.9 Å². The molecular formula is C24H30N2O3. The van der Waals surface area contributed by atoms with Gasteiger partial charge in [-0.2, -0.15) is 0 Å². The van der Waals surface area contributed by atoms with Crippen LogP contribution in [0.2, 0.25) is 0 Å². The van der Waals surface area contributed by atoms with Crippen LogP contribution in [-0.2, 0) is 11.2 Å². The van der Waals surface area contributed by atoms with Crippen molar-refractivity contribution in [2.24, 2.45) is 23.2 Å². The molecule has 0 radical (unpaired) electrons. The first-order chi connectivity index (χ1) is 14.0. The summed E-state index contributed by atoms with van der Waals surface area (Å²) in [5.74, 6) is 4.90. The Labute approximate surface area is 172 Å². The minimum Gasteiger partial charge on any atom is -0.497 e. The average molecular weight is 395 g/mol. The Morgan fingerprint density at radius 1 is 1.14 bits per heavy atom. The van der Waals surface area contributed by atoms with Crippen molar-refractivity contribution in [3.05, 3.63) is 35.7 Å². The summed E-state index contributed by atoms with van der Waals surface area (Å²) < 4.78 is 11.1. The van der Waals surface area contributed by atoms with Gasteiger partial charge in [-0.25, -0.2) is 4.98 Å². The van der Waals surface area contributed by atoms with Gasteiger partial charge in [0.15, 0.2) is 0 Å². The highest BCUT2D eigenvalue weighted by Gasteiger charge is 2.54. The Bertz CT molecular complexity index is 864. The molecule has 2 aromatic rings. The third-order valence-electron chi connectivity index (χ3n) is 7.40. The Hall–Kier alpha value is -2.30. The van der Waals surface area contributed by atoms with Gasteiger partial charge in [0.2, 0.25) is 11.8 Å². The van der Waals surface area contributed by atoms with Crippen molar-refractivity contribution in [3.8, 4) is 17.2 Å². The lowest BCUT2D eigenvalue weighted by Gasteiger charge is -2.55. The minimum atomic E-state index is -0.0815. The number of hydrogen-bond donors (Lipinski definition) is 1. The van der Waals surface area contributed by atoms with Crippen molar-refractivity contribution in [2.75, 3.05) is 13.7 Å². The Kier molecular flexibility index (Phi) is 4.64. The van der Waals surface area contributed by atoms with E-state index in [0.717, 1.165) is 59.8 Å². The maximum atomic E-state index is 13.1. The number of nitrogens with one attached hydrogen (secondary N) is 1. The summed E-state index contributed by atoms with van der Waals surface area (Å²) in [7, 11) is 1.65. The van der Waals surface area contributed by atoms with E-state index in [0.29, 0.717) is 18.9 Å². The molecule has 6 rings (SSSR count). The number of aromatic nitrogens is 1. The highest BCUT2D eigenvalue weighted by molar-refractivity contribution is 5.83. The molecule has 5 heteroatoms. The van der Waals surface area contributed by atoms with Crippen LogP contribution in [0.1, 0.15) is 50.0 Å². The first-order valence-electron chi connectivity index (χ1n) is 10.9. The number of carbonyl (C=O) groups is 1. The van der Waals surface area contributed by atoms with Gasteiger partial charge in [-0.05, 0) is 87.5 Å². The normalized spacial score (nSPS) is 29.8. The Morgan fingerprint density at radius 2 is 1.76 bits per heavy atom. The van der Waals surface area contributed by atoms with Gasteiger partial charge in [0.25, 0.3) is 0 Å². The number of methoxy groups -OCH3 is 1. The van der Waals surface area contributed by atoms with Crippen LogP contribution in [0.3, 0.4) is 0 Å². The van der Waals surface area contributed by atoms with Gasteiger partial charge in [0.1, 0.15) is 11.5 Å². The first kappa shape index (κ1) is 18.7. The molecule has 4 fully saturated rings. The first-order valence-corrected chi connectivity index (χ1v) is 10.9. The third kappa shape index (κ3) is 3.45. The van der Waals surface area contributed by atoms with Crippen LogP contribution in [0.15, 0.2) is 28.7 Å². The van der Waals surface area contributed by atoms with Crippen LogP contribution >= 0.6 is 0 Å². The fraction of sp³-hybridized carbons (Fsp3) is 0.583. The lowest BCUT2D eigenvalue weighted by molar-refractivity contribution is -0.146. The van der Waals surface area contributed by atoms with Crippen LogP contribution in [0, 0.1) is 30.1 Å². The molecule has 0 aliphatic heterocycles. The number of hydrogen-bond acceptors (Lipinski definition) is 4. The summed E-state index contributed by atoms with van der Waals surface area (Å²) in [6, 6.07) is 7.70. The van der Waals surface area contributed by atoms with Crippen molar-refractivity contribution in [2.45, 2.75) is 51.9 Å². The summed E-state index contributed by atoms with van der Waals surface area (Å²) in [4.78, 5) is 17.8. The Morgan fingerprint density at radius 3 is 2.34 bits per heavy atom. The zero-order valence-corrected chi connectivity index (χ0v) is 17.4. The smallest absolute Gasteiger partial charge is 0.226 e. The fourth-order valence-electron chi connectivity index (χ4n) is 6.39. The van der Waals surface area contributed by atoms with Gasteiger partial charge >= 0.3 is 0 Å². The van der Waals surface area contributed by atoms with E-state index >= 15 is 0 Å². The molecule has 5 nitrogen and oxygen atoms in total. The number of carbonyl (C=O) groups excluding carboxylic acids is 1. The molecule has 1 amide bonds. The zero-order valence-electron chi connectivity index (χ0n) is 17.4. The summed E-state index contributed by atoms with van der Waals surface area (Å²) in [5, 5.41) is 3.24. The lowest BCUT2D eigenvalue weighted by Crippen LogP contribution is -2.53. The van der Waals surface area contributed by atoms with E-state index < -0.39 is 0 Å². The molecule has 29 heavy (non-hydrogen) atoms. The van der Waals surface area contributed by atoms with Gasteiger partial charge < -0.3 is 14.5 Å². The zero-order chi connectivity index (χ0) is 20.0. The van der Waals surface area contributed by atoms with Gasteiger partial charge in [-0.1, -0.05) is 0 Å². The lowest BCUT2D eigenvalue weighted by atomic mass is 9.49. The molecule has 4 aliphatic carbocycles. The number of rotatable bonds is 6. The van der Waals surface area contributed by atoms with Crippen molar-refractivity contribution >= 4 is 5.91 Å². The van der Waals surface area contributed by atoms with Crippen LogP contribution in [0.4, 0.5) is 0 Å². The minimum absolute atomic E-state index is 0.0815. The summed E-state index contributed by atoms with van der Waals surface area (Å²) >= 11 is 0. The molecule has 0 spiro atoms. The quantitative estimate of drug-likeness (QED) is 0.782. The molecule has 0 saturated heterocycles. The molecule has 154 valence electrons. The summed E-state index contributed by atoms with van der Waals surface area (Å²) in [6.45, 7) is 2.56. The summed E-state index contributed by atoms with van der Waals surface area (Å²) in [5.41, 5.74) is 1.77. The predicted octanol–water partition coefficient (Wildman–Crippen LogP) is 4.53. The van der Waals surface area contributed by atoms with E-state index in [1.165, 1.54) is 19.3 Å². The fourth-order valence-corrected chi connectivity index (χ4v) is 6.39. The van der Waals surface area contributed by atoms with Gasteiger partial charge in [-0.15, -0.1) is 0 Å². The predicted molar refractivity (Wildman–Crippen MR) is 111 cm³/mol. The van der Waals surface area contributed by atoms with Gasteiger partial charge in [-0.3, -0.25) is 4.79 Å². The number of nitrogens with zero attached hydrogens (tertiary/aromatic N) is 1. The molecule has 1 aromatic heterocycles. The van der Waals surface area contributed by atoms with E-state index in [-0.39, 0.29) is 11.3 Å². The number of oxazole rings is 1. The third-order valence-corrected chi connectivity index (χ3v) is 7.40. The molecule has 4 saturated carbocycles. The van der Waals surface area contributed by atoms with Crippen molar-refractivity contribution in [3.63, 3.8) is 0 Å². The second-order valence-corrected chi connectivity index (χ2v) is 9.45. The topological polar surface area (TPSA) is 64.4 Å². The highest BCUT2D eigenvalue weighted by atomic mass is 16.5. The van der Waals surface area contributed by atoms with E-state index in [9.17, 15) is 4.79 Å². The van der Waals surface area contributed by atoms with Crippen LogP contribution in [-0.4, -0.2) is 24.5 Å². The van der Waals surface area contributed by atoms with Crippen molar-refractivity contribution < 1.29 is 13.9 Å². The molecule has 1 heterocycles. The number of benzene rings is 1. The monoisotopic (exact) mass is 394 g/mol. The second kappa shape index (κ2) is 7.19. The average Bonchev–Trinajstić information content (AvgIpc) is 3.07. The maximum Gasteiger partial charge on any atom is 0.226 e. The van der Waals surface area contributed by atoms with E-state index in [2.05, 4.69) is 10.3 Å². The standard InChI is InChI=1S/C24H30N2O3/c1-15-21(26-22(29-15)19-3-5-20(28-2)6-4-19)7-8-25-23(27)24-12-16-9-17(13-24)11-18(10-16)14-24/h3-6,16-18H,7-14H2,1-2H3,(H,25,27). The maximum absolute atomic E-state index is 13.1. The van der Waals surface area contributed by atoms with E-state index in [1.54, 1.807) is 7.11 Å². The second-order valence-electron chi connectivity index (χ2n) is 9.45. The SMILES string of the molecule is COc1ccc(-c2nc(CCNC(=O)C34CC5CC(CC(C5)C3)C4)c(C)o2)cc1. The van der Waals surface area contributed by atoms with Crippen LogP contribution < -0.4 is 10.1 Å².